The lowest BCUT2D eigenvalue weighted by Gasteiger charge is -2.32. The lowest BCUT2D eigenvalue weighted by molar-refractivity contribution is 0.152. The molecule has 0 bridgehead atoms. The molecular weight excluding hydrogens is 433 g/mol. The average molecular weight is 469 g/mol. The van der Waals surface area contributed by atoms with Crippen LogP contribution < -0.4 is 10.6 Å². The summed E-state index contributed by atoms with van der Waals surface area (Å²) in [6, 6.07) is 0. The summed E-state index contributed by atoms with van der Waals surface area (Å²) < 4.78 is 0.388. The summed E-state index contributed by atoms with van der Waals surface area (Å²) in [5, 5.41) is 6.96. The Labute approximate surface area is 169 Å². The number of nitrogens with zero attached hydrogens (tertiary/aromatic N) is 3. The summed E-state index contributed by atoms with van der Waals surface area (Å²) in [6.45, 7) is 10.5. The standard InChI is InChI=1S/C17H35N5S.HI/c1-17(7-6-14-23-17)15-20-16(18-2)19-8-4-5-9-22-12-10-21(3)11-13-22;/h4-15H2,1-3H3,(H2,18,19,20);1H. The van der Waals surface area contributed by atoms with Crippen molar-refractivity contribution < 1.29 is 0 Å². The summed E-state index contributed by atoms with van der Waals surface area (Å²) in [6.07, 6.45) is 5.13. The minimum atomic E-state index is 0. The van der Waals surface area contributed by atoms with Crippen molar-refractivity contribution in [2.75, 3.05) is 65.7 Å². The van der Waals surface area contributed by atoms with Gasteiger partial charge in [0.15, 0.2) is 5.96 Å². The number of thioether (sulfide) groups is 1. The van der Waals surface area contributed by atoms with Crippen molar-refractivity contribution in [3.8, 4) is 0 Å². The van der Waals surface area contributed by atoms with Gasteiger partial charge in [0.25, 0.3) is 0 Å². The summed E-state index contributed by atoms with van der Waals surface area (Å²) >= 11 is 2.09. The van der Waals surface area contributed by atoms with Crippen LogP contribution in [0.1, 0.15) is 32.6 Å². The molecule has 0 aromatic heterocycles. The van der Waals surface area contributed by atoms with Crippen LogP contribution in [0.25, 0.3) is 0 Å². The Hall–Kier alpha value is 0.270. The minimum absolute atomic E-state index is 0. The lowest BCUT2D eigenvalue weighted by Crippen LogP contribution is -2.45. The fourth-order valence-electron chi connectivity index (χ4n) is 3.21. The maximum absolute atomic E-state index is 4.35. The molecule has 5 nitrogen and oxygen atoms in total. The molecule has 0 saturated carbocycles. The van der Waals surface area contributed by atoms with E-state index in [0.29, 0.717) is 4.75 Å². The van der Waals surface area contributed by atoms with E-state index in [1.807, 2.05) is 7.05 Å². The highest BCUT2D eigenvalue weighted by Crippen LogP contribution is 2.36. The molecule has 142 valence electrons. The van der Waals surface area contributed by atoms with E-state index in [0.717, 1.165) is 19.0 Å². The van der Waals surface area contributed by atoms with Gasteiger partial charge in [0.2, 0.25) is 0 Å². The van der Waals surface area contributed by atoms with Crippen LogP contribution in [0.3, 0.4) is 0 Å². The predicted molar refractivity (Wildman–Crippen MR) is 118 cm³/mol. The molecule has 0 aliphatic carbocycles. The zero-order valence-electron chi connectivity index (χ0n) is 15.6. The van der Waals surface area contributed by atoms with Gasteiger partial charge in [0, 0.05) is 51.1 Å². The third-order valence-electron chi connectivity index (χ3n) is 4.94. The minimum Gasteiger partial charge on any atom is -0.356 e. The zero-order chi connectivity index (χ0) is 16.5. The van der Waals surface area contributed by atoms with Crippen LogP contribution in [0.5, 0.6) is 0 Å². The molecule has 1 atom stereocenters. The highest BCUT2D eigenvalue weighted by Gasteiger charge is 2.29. The highest BCUT2D eigenvalue weighted by atomic mass is 127. The molecule has 0 radical (unpaired) electrons. The number of hydrogen-bond donors (Lipinski definition) is 2. The van der Waals surface area contributed by atoms with Crippen LogP contribution >= 0.6 is 35.7 Å². The number of aliphatic imine (C=N–C) groups is 1. The summed E-state index contributed by atoms with van der Waals surface area (Å²) in [4.78, 5) is 9.35. The van der Waals surface area contributed by atoms with Gasteiger partial charge in [0.05, 0.1) is 0 Å². The zero-order valence-corrected chi connectivity index (χ0v) is 18.8. The van der Waals surface area contributed by atoms with E-state index in [-0.39, 0.29) is 24.0 Å². The first-order chi connectivity index (χ1) is 11.1. The number of nitrogens with one attached hydrogen (secondary N) is 2. The molecule has 2 saturated heterocycles. The van der Waals surface area contributed by atoms with E-state index >= 15 is 0 Å². The maximum atomic E-state index is 4.35. The molecule has 2 aliphatic heterocycles. The number of hydrogen-bond acceptors (Lipinski definition) is 4. The molecule has 2 rings (SSSR count). The Morgan fingerprint density at radius 1 is 1.17 bits per heavy atom. The normalized spacial score (nSPS) is 26.2. The second-order valence-electron chi connectivity index (χ2n) is 7.11. The van der Waals surface area contributed by atoms with Crippen molar-refractivity contribution >= 4 is 41.7 Å². The third-order valence-corrected chi connectivity index (χ3v) is 6.48. The van der Waals surface area contributed by atoms with Gasteiger partial charge >= 0.3 is 0 Å². The Balaban J connectivity index is 0.00000288. The monoisotopic (exact) mass is 469 g/mol. The van der Waals surface area contributed by atoms with E-state index in [1.54, 1.807) is 0 Å². The van der Waals surface area contributed by atoms with Crippen LogP contribution in [0.15, 0.2) is 4.99 Å². The first-order valence-corrected chi connectivity index (χ1v) is 10.1. The molecular formula is C17H36IN5S. The summed E-state index contributed by atoms with van der Waals surface area (Å²) in [7, 11) is 4.08. The van der Waals surface area contributed by atoms with Crippen molar-refractivity contribution in [2.24, 2.45) is 4.99 Å². The van der Waals surface area contributed by atoms with Crippen molar-refractivity contribution in [3.63, 3.8) is 0 Å². The Morgan fingerprint density at radius 2 is 1.92 bits per heavy atom. The van der Waals surface area contributed by atoms with E-state index in [9.17, 15) is 0 Å². The molecule has 2 aliphatic rings. The largest absolute Gasteiger partial charge is 0.356 e. The van der Waals surface area contributed by atoms with Crippen molar-refractivity contribution in [1.82, 2.24) is 20.4 Å². The van der Waals surface area contributed by atoms with E-state index in [1.165, 1.54) is 64.2 Å². The molecule has 0 spiro atoms. The first kappa shape index (κ1) is 22.3. The number of piperazine rings is 1. The van der Waals surface area contributed by atoms with Gasteiger partial charge in [0.1, 0.15) is 0 Å². The second-order valence-corrected chi connectivity index (χ2v) is 8.79. The van der Waals surface area contributed by atoms with Crippen LogP contribution in [-0.4, -0.2) is 86.2 Å². The van der Waals surface area contributed by atoms with E-state index < -0.39 is 0 Å². The molecule has 7 heteroatoms. The number of unbranched alkanes of at least 4 members (excludes halogenated alkanes) is 1. The fourth-order valence-corrected chi connectivity index (χ4v) is 4.45. The molecule has 24 heavy (non-hydrogen) atoms. The van der Waals surface area contributed by atoms with Crippen molar-refractivity contribution in [3.05, 3.63) is 0 Å². The number of rotatable bonds is 7. The smallest absolute Gasteiger partial charge is 0.191 e. The van der Waals surface area contributed by atoms with Gasteiger partial charge in [-0.2, -0.15) is 11.8 Å². The van der Waals surface area contributed by atoms with Crippen molar-refractivity contribution in [1.29, 1.82) is 0 Å². The molecule has 0 aromatic rings. The molecule has 1 unspecified atom stereocenters. The van der Waals surface area contributed by atoms with Gasteiger partial charge in [-0.1, -0.05) is 0 Å². The van der Waals surface area contributed by atoms with Crippen LogP contribution in [0, 0.1) is 0 Å². The van der Waals surface area contributed by atoms with Gasteiger partial charge in [-0.25, -0.2) is 0 Å². The SMILES string of the molecule is CN=C(NCCCCN1CCN(C)CC1)NCC1(C)CCCS1.I. The van der Waals surface area contributed by atoms with Crippen LogP contribution in [0.2, 0.25) is 0 Å². The summed E-state index contributed by atoms with van der Waals surface area (Å²) in [5.41, 5.74) is 0. The number of guanidine groups is 1. The maximum Gasteiger partial charge on any atom is 0.191 e. The topological polar surface area (TPSA) is 42.9 Å². The third kappa shape index (κ3) is 8.10. The molecule has 2 N–H and O–H groups in total. The Morgan fingerprint density at radius 3 is 2.54 bits per heavy atom. The fraction of sp³-hybridized carbons (Fsp3) is 0.941. The molecule has 0 aromatic carbocycles. The Kier molecular flexibility index (Phi) is 11.0. The van der Waals surface area contributed by atoms with Crippen LogP contribution in [0.4, 0.5) is 0 Å². The predicted octanol–water partition coefficient (Wildman–Crippen LogP) is 2.08. The molecule has 2 heterocycles. The van der Waals surface area contributed by atoms with Gasteiger partial charge in [-0.3, -0.25) is 4.99 Å². The van der Waals surface area contributed by atoms with Crippen molar-refractivity contribution in [2.45, 2.75) is 37.4 Å². The molecule has 2 fully saturated rings. The van der Waals surface area contributed by atoms with Gasteiger partial charge in [-0.05, 0) is 52.0 Å². The van der Waals surface area contributed by atoms with E-state index in [4.69, 9.17) is 0 Å². The molecule has 0 amide bonds. The number of halogens is 1. The Bertz CT molecular complexity index is 366. The first-order valence-electron chi connectivity index (χ1n) is 9.11. The van der Waals surface area contributed by atoms with Gasteiger partial charge in [-0.15, -0.1) is 24.0 Å². The summed E-state index contributed by atoms with van der Waals surface area (Å²) in [5.74, 6) is 2.26. The number of likely N-dealkylation sites (N-methyl/N-ethyl adjacent to an activating group) is 1. The quantitative estimate of drug-likeness (QED) is 0.259. The lowest BCUT2D eigenvalue weighted by atomic mass is 10.1. The van der Waals surface area contributed by atoms with Crippen LogP contribution in [-0.2, 0) is 0 Å². The second kappa shape index (κ2) is 11.8. The van der Waals surface area contributed by atoms with Gasteiger partial charge < -0.3 is 20.4 Å². The average Bonchev–Trinajstić information content (AvgIpc) is 2.99. The highest BCUT2D eigenvalue weighted by molar-refractivity contribution is 14.0. The van der Waals surface area contributed by atoms with E-state index in [2.05, 4.69) is 51.2 Å².